The normalized spacial score (nSPS) is 26.2. The highest BCUT2D eigenvalue weighted by atomic mass is 32.2. The number of likely N-dealkylation sites (tertiary alicyclic amines) is 1. The first kappa shape index (κ1) is 14.2. The molecule has 0 aromatic carbocycles. The summed E-state index contributed by atoms with van der Waals surface area (Å²) in [7, 11) is -3.62. The van der Waals surface area contributed by atoms with Gasteiger partial charge in [-0.15, -0.1) is 0 Å². The molecule has 0 aromatic rings. The van der Waals surface area contributed by atoms with E-state index in [1.54, 1.807) is 0 Å². The van der Waals surface area contributed by atoms with E-state index in [1.807, 2.05) is 20.8 Å². The Labute approximate surface area is 102 Å². The third-order valence-corrected chi connectivity index (χ3v) is 3.80. The number of rotatable bonds is 2. The molecule has 1 unspecified atom stereocenters. The Morgan fingerprint density at radius 2 is 1.94 bits per heavy atom. The fourth-order valence-corrected chi connectivity index (χ4v) is 3.01. The summed E-state index contributed by atoms with van der Waals surface area (Å²) in [4.78, 5) is 12.1. The molecular weight excluding hydrogens is 246 g/mol. The van der Waals surface area contributed by atoms with Crippen molar-refractivity contribution in [2.24, 2.45) is 5.41 Å². The number of carbonyl (C=O) groups is 1. The number of carboxylic acid groups (broad SMARTS) is 1. The largest absolute Gasteiger partial charge is 0.465 e. The standard InChI is InChI=1S/C10H19NO5S/c1-9(2,3)10(16-17(4,14)15)5-6-11(7-10)8(12)13/h5-7H2,1-4H3,(H,12,13). The van der Waals surface area contributed by atoms with Gasteiger partial charge in [-0.3, -0.25) is 4.18 Å². The molecule has 1 saturated heterocycles. The lowest BCUT2D eigenvalue weighted by Crippen LogP contribution is -2.49. The zero-order valence-electron chi connectivity index (χ0n) is 10.6. The molecule has 1 N–H and O–H groups in total. The summed E-state index contributed by atoms with van der Waals surface area (Å²) in [5.74, 6) is 0. The van der Waals surface area contributed by atoms with Crippen LogP contribution in [0.3, 0.4) is 0 Å². The van der Waals surface area contributed by atoms with Gasteiger partial charge < -0.3 is 10.0 Å². The smallest absolute Gasteiger partial charge is 0.407 e. The molecule has 0 spiro atoms. The van der Waals surface area contributed by atoms with Crippen LogP contribution < -0.4 is 0 Å². The Balaban J connectivity index is 3.04. The van der Waals surface area contributed by atoms with Gasteiger partial charge in [0.25, 0.3) is 10.1 Å². The van der Waals surface area contributed by atoms with E-state index in [1.165, 1.54) is 4.90 Å². The molecule has 0 aliphatic carbocycles. The molecule has 0 bridgehead atoms. The first-order valence-corrected chi connectivity index (χ1v) is 7.17. The van der Waals surface area contributed by atoms with Crippen LogP contribution in [0, 0.1) is 5.41 Å². The van der Waals surface area contributed by atoms with Gasteiger partial charge in [-0.05, 0) is 11.8 Å². The van der Waals surface area contributed by atoms with Crippen molar-refractivity contribution in [3.05, 3.63) is 0 Å². The molecule has 17 heavy (non-hydrogen) atoms. The van der Waals surface area contributed by atoms with Crippen LogP contribution in [-0.2, 0) is 14.3 Å². The SMILES string of the molecule is CC(C)(C)C1(OS(C)(=O)=O)CCN(C(=O)O)C1. The van der Waals surface area contributed by atoms with Crippen molar-refractivity contribution >= 4 is 16.2 Å². The molecule has 0 radical (unpaired) electrons. The third kappa shape index (κ3) is 3.10. The second-order valence-electron chi connectivity index (χ2n) is 5.49. The average molecular weight is 265 g/mol. The Kier molecular flexibility index (Phi) is 3.46. The van der Waals surface area contributed by atoms with E-state index in [4.69, 9.17) is 9.29 Å². The number of nitrogens with zero attached hydrogens (tertiary/aromatic N) is 1. The topological polar surface area (TPSA) is 83.9 Å². The van der Waals surface area contributed by atoms with Crippen molar-refractivity contribution < 1.29 is 22.5 Å². The van der Waals surface area contributed by atoms with Crippen molar-refractivity contribution in [1.29, 1.82) is 0 Å². The molecule has 1 rings (SSSR count). The molecule has 1 atom stereocenters. The molecule has 1 fully saturated rings. The minimum absolute atomic E-state index is 0.0822. The van der Waals surface area contributed by atoms with Gasteiger partial charge >= 0.3 is 6.09 Å². The number of amides is 1. The molecule has 1 aliphatic rings. The summed E-state index contributed by atoms with van der Waals surface area (Å²) in [5.41, 5.74) is -1.43. The van der Waals surface area contributed by atoms with E-state index in [9.17, 15) is 13.2 Å². The first-order valence-electron chi connectivity index (χ1n) is 5.35. The van der Waals surface area contributed by atoms with Crippen LogP contribution in [0.25, 0.3) is 0 Å². The molecular formula is C10H19NO5S. The summed E-state index contributed by atoms with van der Waals surface area (Å²) < 4.78 is 27.9. The minimum Gasteiger partial charge on any atom is -0.465 e. The predicted molar refractivity (Wildman–Crippen MR) is 62.3 cm³/mol. The van der Waals surface area contributed by atoms with E-state index in [2.05, 4.69) is 0 Å². The van der Waals surface area contributed by atoms with Crippen LogP contribution in [0.1, 0.15) is 27.2 Å². The van der Waals surface area contributed by atoms with Gasteiger partial charge in [0.1, 0.15) is 5.60 Å². The average Bonchev–Trinajstić information content (AvgIpc) is 2.45. The molecule has 1 heterocycles. The van der Waals surface area contributed by atoms with Crippen LogP contribution in [0.4, 0.5) is 4.79 Å². The second-order valence-corrected chi connectivity index (χ2v) is 7.06. The third-order valence-electron chi connectivity index (χ3n) is 3.18. The van der Waals surface area contributed by atoms with Gasteiger partial charge in [-0.25, -0.2) is 4.79 Å². The predicted octanol–water partition coefficient (Wildman–Crippen LogP) is 1.13. The molecule has 1 amide bonds. The number of hydrogen-bond donors (Lipinski definition) is 1. The Morgan fingerprint density at radius 1 is 1.41 bits per heavy atom. The molecule has 7 heteroatoms. The zero-order valence-corrected chi connectivity index (χ0v) is 11.4. The van der Waals surface area contributed by atoms with Gasteiger partial charge in [0.05, 0.1) is 12.8 Å². The molecule has 6 nitrogen and oxygen atoms in total. The second kappa shape index (κ2) is 4.13. The van der Waals surface area contributed by atoms with Crippen LogP contribution in [0.5, 0.6) is 0 Å². The maximum Gasteiger partial charge on any atom is 0.407 e. The quantitative estimate of drug-likeness (QED) is 0.757. The van der Waals surface area contributed by atoms with E-state index in [0.717, 1.165) is 6.26 Å². The summed E-state index contributed by atoms with van der Waals surface area (Å²) in [6.07, 6.45) is 0.327. The summed E-state index contributed by atoms with van der Waals surface area (Å²) in [6.45, 7) is 5.93. The van der Waals surface area contributed by atoms with E-state index < -0.39 is 27.2 Å². The zero-order chi connectivity index (χ0) is 13.5. The first-order chi connectivity index (χ1) is 7.47. The monoisotopic (exact) mass is 265 g/mol. The van der Waals surface area contributed by atoms with E-state index in [-0.39, 0.29) is 6.54 Å². The van der Waals surface area contributed by atoms with Gasteiger partial charge in [-0.2, -0.15) is 8.42 Å². The Hall–Kier alpha value is -0.820. The van der Waals surface area contributed by atoms with Crippen molar-refractivity contribution in [1.82, 2.24) is 4.90 Å². The summed E-state index contributed by atoms with van der Waals surface area (Å²) in [5, 5.41) is 8.93. The molecule has 100 valence electrons. The maximum atomic E-state index is 11.3. The number of hydrogen-bond acceptors (Lipinski definition) is 4. The maximum absolute atomic E-state index is 11.3. The van der Waals surface area contributed by atoms with Crippen molar-refractivity contribution in [2.75, 3.05) is 19.3 Å². The van der Waals surface area contributed by atoms with Crippen LogP contribution in [0.15, 0.2) is 0 Å². The fourth-order valence-electron chi connectivity index (χ4n) is 2.04. The molecule has 0 aromatic heterocycles. The lowest BCUT2D eigenvalue weighted by molar-refractivity contribution is -0.0162. The van der Waals surface area contributed by atoms with Crippen LogP contribution in [-0.4, -0.2) is 49.5 Å². The highest BCUT2D eigenvalue weighted by Crippen LogP contribution is 2.42. The minimum atomic E-state index is -3.62. The van der Waals surface area contributed by atoms with E-state index in [0.29, 0.717) is 13.0 Å². The van der Waals surface area contributed by atoms with Crippen LogP contribution >= 0.6 is 0 Å². The van der Waals surface area contributed by atoms with Crippen LogP contribution in [0.2, 0.25) is 0 Å². The Morgan fingerprint density at radius 3 is 2.24 bits per heavy atom. The van der Waals surface area contributed by atoms with Crippen molar-refractivity contribution in [3.8, 4) is 0 Å². The van der Waals surface area contributed by atoms with E-state index >= 15 is 0 Å². The van der Waals surface area contributed by atoms with Gasteiger partial charge in [-0.1, -0.05) is 20.8 Å². The van der Waals surface area contributed by atoms with Crippen molar-refractivity contribution in [3.63, 3.8) is 0 Å². The Bertz CT molecular complexity index is 411. The molecule has 0 saturated carbocycles. The van der Waals surface area contributed by atoms with Crippen molar-refractivity contribution in [2.45, 2.75) is 32.8 Å². The lowest BCUT2D eigenvalue weighted by Gasteiger charge is -2.39. The highest BCUT2D eigenvalue weighted by Gasteiger charge is 2.51. The van der Waals surface area contributed by atoms with Gasteiger partial charge in [0.2, 0.25) is 0 Å². The highest BCUT2D eigenvalue weighted by molar-refractivity contribution is 7.86. The fraction of sp³-hybridized carbons (Fsp3) is 0.900. The molecule has 1 aliphatic heterocycles. The van der Waals surface area contributed by atoms with Gasteiger partial charge in [0.15, 0.2) is 0 Å². The summed E-state index contributed by atoms with van der Waals surface area (Å²) >= 11 is 0. The lowest BCUT2D eigenvalue weighted by atomic mass is 9.76. The summed E-state index contributed by atoms with van der Waals surface area (Å²) in [6, 6.07) is 0. The van der Waals surface area contributed by atoms with Gasteiger partial charge in [0, 0.05) is 6.54 Å².